The first-order valence-electron chi connectivity index (χ1n) is 8.00. The molecular weight excluding hydrogens is 304 g/mol. The number of aromatic nitrogens is 2. The maximum atomic E-state index is 12.6. The Kier molecular flexibility index (Phi) is 3.74. The number of likely N-dealkylation sites (N-methyl/N-ethyl adjacent to an activating group) is 1. The van der Waals surface area contributed by atoms with Crippen molar-refractivity contribution in [1.82, 2.24) is 20.2 Å². The third-order valence-corrected chi connectivity index (χ3v) is 4.52. The Labute approximate surface area is 139 Å². The lowest BCUT2D eigenvalue weighted by Crippen LogP contribution is -2.38. The second kappa shape index (κ2) is 6.05. The normalized spacial score (nSPS) is 17.3. The summed E-state index contributed by atoms with van der Waals surface area (Å²) in [6.07, 6.45) is 5.80. The van der Waals surface area contributed by atoms with Crippen molar-refractivity contribution in [3.05, 3.63) is 48.5 Å². The molecule has 1 fully saturated rings. The molecule has 6 heteroatoms. The van der Waals surface area contributed by atoms with E-state index in [2.05, 4.69) is 15.3 Å². The predicted molar refractivity (Wildman–Crippen MR) is 90.6 cm³/mol. The molecule has 2 aromatic heterocycles. The van der Waals surface area contributed by atoms with Gasteiger partial charge in [-0.05, 0) is 25.1 Å². The van der Waals surface area contributed by atoms with Gasteiger partial charge < -0.3 is 14.6 Å². The van der Waals surface area contributed by atoms with E-state index in [1.54, 1.807) is 23.6 Å². The lowest BCUT2D eigenvalue weighted by Gasteiger charge is -2.23. The molecule has 1 atom stereocenters. The molecule has 0 aliphatic carbocycles. The Hall–Kier alpha value is -2.73. The molecule has 3 aromatic rings. The number of rotatable bonds is 3. The first kappa shape index (κ1) is 14.8. The molecule has 1 amide bonds. The Balaban J connectivity index is 1.60. The molecule has 0 radical (unpaired) electrons. The lowest BCUT2D eigenvalue weighted by molar-refractivity contribution is 0.0743. The van der Waals surface area contributed by atoms with Gasteiger partial charge in [0.25, 0.3) is 5.91 Å². The van der Waals surface area contributed by atoms with Gasteiger partial charge in [-0.25, -0.2) is 9.97 Å². The van der Waals surface area contributed by atoms with Crippen molar-refractivity contribution in [1.29, 1.82) is 0 Å². The smallest absolute Gasteiger partial charge is 0.257 e. The molecule has 122 valence electrons. The van der Waals surface area contributed by atoms with E-state index < -0.39 is 0 Å². The second-order valence-corrected chi connectivity index (χ2v) is 6.00. The highest BCUT2D eigenvalue weighted by atomic mass is 16.3. The molecule has 1 saturated heterocycles. The first-order chi connectivity index (χ1) is 11.7. The number of para-hydroxylation sites is 1. The van der Waals surface area contributed by atoms with Gasteiger partial charge in [-0.3, -0.25) is 4.79 Å². The van der Waals surface area contributed by atoms with Crippen molar-refractivity contribution in [2.45, 2.75) is 12.5 Å². The molecule has 0 spiro atoms. The van der Waals surface area contributed by atoms with Crippen molar-refractivity contribution in [2.24, 2.45) is 0 Å². The van der Waals surface area contributed by atoms with Gasteiger partial charge >= 0.3 is 0 Å². The highest BCUT2D eigenvalue weighted by Gasteiger charge is 2.24. The minimum atomic E-state index is -0.0496. The molecule has 4 rings (SSSR count). The average Bonchev–Trinajstić information content (AvgIpc) is 3.31. The number of benzene rings is 1. The van der Waals surface area contributed by atoms with Crippen LogP contribution in [0.15, 0.2) is 47.3 Å². The summed E-state index contributed by atoms with van der Waals surface area (Å²) >= 11 is 0. The summed E-state index contributed by atoms with van der Waals surface area (Å²) in [5, 5.41) is 4.27. The zero-order valence-corrected chi connectivity index (χ0v) is 13.4. The molecule has 6 nitrogen and oxygen atoms in total. The fourth-order valence-corrected chi connectivity index (χ4v) is 3.09. The molecule has 1 N–H and O–H groups in total. The van der Waals surface area contributed by atoms with Crippen LogP contribution in [0.1, 0.15) is 16.8 Å². The van der Waals surface area contributed by atoms with Crippen molar-refractivity contribution in [3.8, 4) is 11.4 Å². The zero-order valence-electron chi connectivity index (χ0n) is 13.4. The number of amides is 1. The largest absolute Gasteiger partial charge is 0.464 e. The van der Waals surface area contributed by atoms with Crippen LogP contribution in [0.2, 0.25) is 0 Å². The number of carbonyl (C=O) groups is 1. The number of furan rings is 1. The van der Waals surface area contributed by atoms with Crippen LogP contribution in [-0.2, 0) is 0 Å². The van der Waals surface area contributed by atoms with Crippen LogP contribution in [0, 0.1) is 0 Å². The van der Waals surface area contributed by atoms with Crippen LogP contribution in [0.4, 0.5) is 0 Å². The van der Waals surface area contributed by atoms with E-state index in [0.29, 0.717) is 11.4 Å². The highest BCUT2D eigenvalue weighted by molar-refractivity contribution is 5.94. The van der Waals surface area contributed by atoms with E-state index in [9.17, 15) is 4.79 Å². The van der Waals surface area contributed by atoms with Gasteiger partial charge in [0, 0.05) is 37.4 Å². The Bertz CT molecular complexity index is 866. The van der Waals surface area contributed by atoms with Crippen molar-refractivity contribution in [3.63, 3.8) is 0 Å². The van der Waals surface area contributed by atoms with Gasteiger partial charge in [-0.2, -0.15) is 0 Å². The number of hydrogen-bond donors (Lipinski definition) is 1. The molecule has 1 aromatic carbocycles. The number of carbonyl (C=O) groups excluding carboxylic acids is 1. The number of fused-ring (bicyclic) bond motifs is 1. The summed E-state index contributed by atoms with van der Waals surface area (Å²) in [5.41, 5.74) is 2.08. The highest BCUT2D eigenvalue weighted by Crippen LogP contribution is 2.26. The van der Waals surface area contributed by atoms with E-state index in [1.165, 1.54) is 0 Å². The SMILES string of the molecule is CN(C(=O)c1cnc(-c2cccc3ccoc23)nc1)C1CCNC1. The standard InChI is InChI=1S/C18H18N4O2/c1-22(14-5-7-19-11-14)18(23)13-9-20-17(21-10-13)15-4-2-3-12-6-8-24-16(12)15/h2-4,6,8-10,14,19H,5,7,11H2,1H3. The molecule has 3 heterocycles. The molecule has 1 aliphatic rings. The minimum absolute atomic E-state index is 0.0496. The molecule has 0 bridgehead atoms. The van der Waals surface area contributed by atoms with Crippen molar-refractivity contribution < 1.29 is 9.21 Å². The monoisotopic (exact) mass is 322 g/mol. The third kappa shape index (κ3) is 2.55. The van der Waals surface area contributed by atoms with Gasteiger partial charge in [0.2, 0.25) is 0 Å². The van der Waals surface area contributed by atoms with Crippen LogP contribution in [0.25, 0.3) is 22.4 Å². The zero-order chi connectivity index (χ0) is 16.5. The number of hydrogen-bond acceptors (Lipinski definition) is 5. The fraction of sp³-hybridized carbons (Fsp3) is 0.278. The average molecular weight is 322 g/mol. The van der Waals surface area contributed by atoms with Crippen LogP contribution in [0.5, 0.6) is 0 Å². The number of nitrogens with zero attached hydrogens (tertiary/aromatic N) is 3. The van der Waals surface area contributed by atoms with E-state index in [0.717, 1.165) is 36.0 Å². The fourth-order valence-electron chi connectivity index (χ4n) is 3.09. The Morgan fingerprint density at radius 3 is 2.88 bits per heavy atom. The van der Waals surface area contributed by atoms with E-state index in [-0.39, 0.29) is 11.9 Å². The Morgan fingerprint density at radius 1 is 1.29 bits per heavy atom. The van der Waals surface area contributed by atoms with E-state index in [4.69, 9.17) is 4.42 Å². The van der Waals surface area contributed by atoms with Gasteiger partial charge in [-0.1, -0.05) is 12.1 Å². The summed E-state index contributed by atoms with van der Waals surface area (Å²) in [6, 6.07) is 7.97. The van der Waals surface area contributed by atoms with Gasteiger partial charge in [0.1, 0.15) is 5.58 Å². The molecule has 0 saturated carbocycles. The van der Waals surface area contributed by atoms with Gasteiger partial charge in [-0.15, -0.1) is 0 Å². The first-order valence-corrected chi connectivity index (χ1v) is 8.00. The molecular formula is C18H18N4O2. The van der Waals surface area contributed by atoms with Crippen LogP contribution in [-0.4, -0.2) is 47.0 Å². The van der Waals surface area contributed by atoms with Crippen molar-refractivity contribution >= 4 is 16.9 Å². The van der Waals surface area contributed by atoms with Crippen molar-refractivity contribution in [2.75, 3.05) is 20.1 Å². The summed E-state index contributed by atoms with van der Waals surface area (Å²) in [6.45, 7) is 1.78. The molecule has 1 unspecified atom stereocenters. The summed E-state index contributed by atoms with van der Waals surface area (Å²) < 4.78 is 5.52. The topological polar surface area (TPSA) is 71.3 Å². The van der Waals surface area contributed by atoms with Gasteiger partial charge in [0.05, 0.1) is 17.4 Å². The Morgan fingerprint density at radius 2 is 2.12 bits per heavy atom. The minimum Gasteiger partial charge on any atom is -0.464 e. The van der Waals surface area contributed by atoms with Crippen LogP contribution in [0.3, 0.4) is 0 Å². The maximum absolute atomic E-state index is 12.6. The predicted octanol–water partition coefficient (Wildman–Crippen LogP) is 2.32. The maximum Gasteiger partial charge on any atom is 0.257 e. The second-order valence-electron chi connectivity index (χ2n) is 6.00. The van der Waals surface area contributed by atoms with E-state index in [1.807, 2.05) is 31.3 Å². The van der Waals surface area contributed by atoms with Gasteiger partial charge in [0.15, 0.2) is 5.82 Å². The summed E-state index contributed by atoms with van der Waals surface area (Å²) in [4.78, 5) is 23.1. The molecule has 24 heavy (non-hydrogen) atoms. The summed E-state index contributed by atoms with van der Waals surface area (Å²) in [5.74, 6) is 0.503. The van der Waals surface area contributed by atoms with E-state index >= 15 is 0 Å². The number of nitrogens with one attached hydrogen (secondary N) is 1. The van der Waals surface area contributed by atoms with Crippen LogP contribution >= 0.6 is 0 Å². The lowest BCUT2D eigenvalue weighted by atomic mass is 10.1. The molecule has 1 aliphatic heterocycles. The van der Waals surface area contributed by atoms with Crippen LogP contribution < -0.4 is 5.32 Å². The third-order valence-electron chi connectivity index (χ3n) is 4.52. The summed E-state index contributed by atoms with van der Waals surface area (Å²) in [7, 11) is 1.83. The quantitative estimate of drug-likeness (QED) is 0.801.